The number of ether oxygens (including phenoxy) is 1. The van der Waals surface area contributed by atoms with E-state index in [-0.39, 0.29) is 18.4 Å². The van der Waals surface area contributed by atoms with Crippen LogP contribution in [0.25, 0.3) is 11.3 Å². The van der Waals surface area contributed by atoms with E-state index in [4.69, 9.17) is 4.74 Å². The van der Waals surface area contributed by atoms with Crippen molar-refractivity contribution in [1.82, 2.24) is 4.98 Å². The van der Waals surface area contributed by atoms with Gasteiger partial charge in [0.15, 0.2) is 11.7 Å². The Kier molecular flexibility index (Phi) is 4.84. The number of carbonyl (C=O) groups is 2. The number of aromatic nitrogens is 1. The van der Waals surface area contributed by atoms with Gasteiger partial charge < -0.3 is 15.4 Å². The lowest BCUT2D eigenvalue weighted by Crippen LogP contribution is -2.25. The predicted molar refractivity (Wildman–Crippen MR) is 105 cm³/mol. The standard InChI is InChI=1S/C20H17N3O3S/c24-18(9-6-13-4-2-1-3-5-13)23-20-22-16(12-27-20)14-7-8-17-15(10-14)21-19(25)11-26-17/h1-5,7-8,10,12H,6,9,11H2,(H,21,25)(H,22,23,24). The highest BCUT2D eigenvalue weighted by Crippen LogP contribution is 2.33. The summed E-state index contributed by atoms with van der Waals surface area (Å²) < 4.78 is 5.36. The fourth-order valence-corrected chi connectivity index (χ4v) is 3.53. The van der Waals surface area contributed by atoms with Gasteiger partial charge in [0.05, 0.1) is 11.4 Å². The molecule has 6 nitrogen and oxygen atoms in total. The lowest BCUT2D eigenvalue weighted by atomic mass is 10.1. The molecule has 136 valence electrons. The first-order chi connectivity index (χ1) is 13.2. The van der Waals surface area contributed by atoms with Crippen LogP contribution in [-0.2, 0) is 16.0 Å². The van der Waals surface area contributed by atoms with Crippen LogP contribution in [-0.4, -0.2) is 23.4 Å². The molecule has 4 rings (SSSR count). The Balaban J connectivity index is 1.40. The lowest BCUT2D eigenvalue weighted by Gasteiger charge is -2.18. The quantitative estimate of drug-likeness (QED) is 0.708. The van der Waals surface area contributed by atoms with Crippen molar-refractivity contribution in [3.63, 3.8) is 0 Å². The summed E-state index contributed by atoms with van der Waals surface area (Å²) in [5, 5.41) is 8.06. The van der Waals surface area contributed by atoms with E-state index in [0.29, 0.717) is 29.4 Å². The van der Waals surface area contributed by atoms with Crippen molar-refractivity contribution in [3.05, 3.63) is 59.5 Å². The van der Waals surface area contributed by atoms with Gasteiger partial charge in [0, 0.05) is 17.4 Å². The van der Waals surface area contributed by atoms with Crippen LogP contribution in [0.4, 0.5) is 10.8 Å². The maximum atomic E-state index is 12.2. The molecule has 0 bridgehead atoms. The minimum Gasteiger partial charge on any atom is -0.482 e. The normalized spacial score (nSPS) is 12.7. The van der Waals surface area contributed by atoms with Gasteiger partial charge in [-0.25, -0.2) is 4.98 Å². The molecular formula is C20H17N3O3S. The van der Waals surface area contributed by atoms with E-state index < -0.39 is 0 Å². The molecule has 0 atom stereocenters. The van der Waals surface area contributed by atoms with Gasteiger partial charge in [0.1, 0.15) is 5.75 Å². The lowest BCUT2D eigenvalue weighted by molar-refractivity contribution is -0.118. The molecular weight excluding hydrogens is 362 g/mol. The maximum absolute atomic E-state index is 12.2. The number of amides is 2. The van der Waals surface area contributed by atoms with Crippen molar-refractivity contribution in [1.29, 1.82) is 0 Å². The molecule has 0 aliphatic carbocycles. The Hall–Kier alpha value is -3.19. The smallest absolute Gasteiger partial charge is 0.262 e. The second-order valence-electron chi connectivity index (χ2n) is 6.12. The first-order valence-electron chi connectivity index (χ1n) is 8.54. The number of anilines is 2. The van der Waals surface area contributed by atoms with Gasteiger partial charge in [0.2, 0.25) is 5.91 Å². The van der Waals surface area contributed by atoms with Crippen LogP contribution < -0.4 is 15.4 Å². The third-order valence-electron chi connectivity index (χ3n) is 4.14. The van der Waals surface area contributed by atoms with Crippen LogP contribution in [0.2, 0.25) is 0 Å². The van der Waals surface area contributed by atoms with E-state index in [1.807, 2.05) is 53.9 Å². The summed E-state index contributed by atoms with van der Waals surface area (Å²) in [6.07, 6.45) is 1.09. The molecule has 0 radical (unpaired) electrons. The fraction of sp³-hybridized carbons (Fsp3) is 0.150. The fourth-order valence-electron chi connectivity index (χ4n) is 2.79. The third-order valence-corrected chi connectivity index (χ3v) is 4.90. The number of benzene rings is 2. The Morgan fingerprint density at radius 2 is 2.07 bits per heavy atom. The Morgan fingerprint density at radius 3 is 2.93 bits per heavy atom. The van der Waals surface area contributed by atoms with Crippen LogP contribution in [0.3, 0.4) is 0 Å². The first kappa shape index (κ1) is 17.2. The second-order valence-corrected chi connectivity index (χ2v) is 6.98. The van der Waals surface area contributed by atoms with Crippen LogP contribution in [0.15, 0.2) is 53.9 Å². The van der Waals surface area contributed by atoms with Crippen molar-refractivity contribution >= 4 is 34.0 Å². The average Bonchev–Trinajstić information content (AvgIpc) is 3.15. The van der Waals surface area contributed by atoms with E-state index >= 15 is 0 Å². The third kappa shape index (κ3) is 4.15. The topological polar surface area (TPSA) is 80.3 Å². The number of thiazole rings is 1. The zero-order valence-electron chi connectivity index (χ0n) is 14.4. The Labute approximate surface area is 160 Å². The highest BCUT2D eigenvalue weighted by Gasteiger charge is 2.17. The summed E-state index contributed by atoms with van der Waals surface area (Å²) >= 11 is 1.37. The minimum absolute atomic E-state index is 0.0300. The van der Waals surface area contributed by atoms with Gasteiger partial charge >= 0.3 is 0 Å². The van der Waals surface area contributed by atoms with Gasteiger partial charge in [-0.05, 0) is 30.2 Å². The average molecular weight is 379 g/mol. The van der Waals surface area contributed by atoms with Crippen LogP contribution >= 0.6 is 11.3 Å². The molecule has 7 heteroatoms. The van der Waals surface area contributed by atoms with E-state index in [0.717, 1.165) is 16.8 Å². The SMILES string of the molecule is O=C(CCc1ccccc1)Nc1nc(-c2ccc3c(c2)NC(=O)CO3)cs1. The molecule has 0 fully saturated rings. The summed E-state index contributed by atoms with van der Waals surface area (Å²) in [6.45, 7) is 0.0300. The summed E-state index contributed by atoms with van der Waals surface area (Å²) in [7, 11) is 0. The molecule has 1 aliphatic heterocycles. The predicted octanol–water partition coefficient (Wildman–Crippen LogP) is 3.71. The number of fused-ring (bicyclic) bond motifs is 1. The van der Waals surface area contributed by atoms with E-state index in [1.165, 1.54) is 11.3 Å². The van der Waals surface area contributed by atoms with E-state index in [9.17, 15) is 9.59 Å². The highest BCUT2D eigenvalue weighted by molar-refractivity contribution is 7.14. The molecule has 1 aliphatic rings. The van der Waals surface area contributed by atoms with Crippen molar-refractivity contribution in [2.24, 2.45) is 0 Å². The molecule has 2 N–H and O–H groups in total. The number of rotatable bonds is 5. The van der Waals surface area contributed by atoms with Gasteiger partial charge in [-0.15, -0.1) is 11.3 Å². The summed E-state index contributed by atoms with van der Waals surface area (Å²) in [5.41, 5.74) is 3.34. The van der Waals surface area contributed by atoms with E-state index in [2.05, 4.69) is 15.6 Å². The molecule has 0 saturated carbocycles. The molecule has 0 spiro atoms. The largest absolute Gasteiger partial charge is 0.482 e. The number of hydrogen-bond donors (Lipinski definition) is 2. The van der Waals surface area contributed by atoms with Gasteiger partial charge in [-0.3, -0.25) is 9.59 Å². The number of nitrogens with zero attached hydrogens (tertiary/aromatic N) is 1. The first-order valence-corrected chi connectivity index (χ1v) is 9.42. The molecule has 0 saturated heterocycles. The summed E-state index contributed by atoms with van der Waals surface area (Å²) in [5.74, 6) is 0.401. The van der Waals surface area contributed by atoms with Crippen LogP contribution in [0, 0.1) is 0 Å². The molecule has 3 aromatic rings. The van der Waals surface area contributed by atoms with Gasteiger partial charge in [-0.1, -0.05) is 30.3 Å². The van der Waals surface area contributed by atoms with Crippen LogP contribution in [0.5, 0.6) is 5.75 Å². The van der Waals surface area contributed by atoms with Crippen LogP contribution in [0.1, 0.15) is 12.0 Å². The second kappa shape index (κ2) is 7.59. The molecule has 2 amide bonds. The van der Waals surface area contributed by atoms with Crippen molar-refractivity contribution < 1.29 is 14.3 Å². The van der Waals surface area contributed by atoms with Crippen molar-refractivity contribution in [2.75, 3.05) is 17.2 Å². The van der Waals surface area contributed by atoms with Crippen molar-refractivity contribution in [2.45, 2.75) is 12.8 Å². The number of nitrogens with one attached hydrogen (secondary N) is 2. The molecule has 1 aromatic heterocycles. The summed E-state index contributed by atoms with van der Waals surface area (Å²) in [6, 6.07) is 15.4. The molecule has 2 aromatic carbocycles. The maximum Gasteiger partial charge on any atom is 0.262 e. The zero-order chi connectivity index (χ0) is 18.6. The Morgan fingerprint density at radius 1 is 1.22 bits per heavy atom. The molecule has 0 unspecified atom stereocenters. The van der Waals surface area contributed by atoms with E-state index in [1.54, 1.807) is 0 Å². The number of carbonyl (C=O) groups excluding carboxylic acids is 2. The van der Waals surface area contributed by atoms with Crippen molar-refractivity contribution in [3.8, 4) is 17.0 Å². The summed E-state index contributed by atoms with van der Waals surface area (Å²) in [4.78, 5) is 28.1. The molecule has 2 heterocycles. The highest BCUT2D eigenvalue weighted by atomic mass is 32.1. The zero-order valence-corrected chi connectivity index (χ0v) is 15.2. The number of aryl methyl sites for hydroxylation is 1. The number of hydrogen-bond acceptors (Lipinski definition) is 5. The monoisotopic (exact) mass is 379 g/mol. The molecule has 27 heavy (non-hydrogen) atoms. The Bertz CT molecular complexity index is 985. The minimum atomic E-state index is -0.177. The van der Waals surface area contributed by atoms with Gasteiger partial charge in [0.25, 0.3) is 5.91 Å². The van der Waals surface area contributed by atoms with Gasteiger partial charge in [-0.2, -0.15) is 0 Å².